The second-order valence-corrected chi connectivity index (χ2v) is 8.40. The molecule has 1 aromatic heterocycles. The first-order valence-electron chi connectivity index (χ1n) is 7.46. The molecule has 6 heteroatoms. The molecule has 0 unspecified atom stereocenters. The van der Waals surface area contributed by atoms with Gasteiger partial charge in [-0.2, -0.15) is 0 Å². The highest BCUT2D eigenvalue weighted by molar-refractivity contribution is 7.89. The van der Waals surface area contributed by atoms with Gasteiger partial charge in [-0.15, -0.1) is 0 Å². The number of nitrogens with one attached hydrogen (secondary N) is 2. The Balaban J connectivity index is 2.24. The lowest BCUT2D eigenvalue weighted by atomic mass is 10.2. The van der Waals surface area contributed by atoms with Gasteiger partial charge in [0, 0.05) is 24.7 Å². The summed E-state index contributed by atoms with van der Waals surface area (Å²) in [5.74, 6) is 1.13. The van der Waals surface area contributed by atoms with Crippen molar-refractivity contribution in [2.24, 2.45) is 5.41 Å². The van der Waals surface area contributed by atoms with Crippen LogP contribution < -0.4 is 10.0 Å². The lowest BCUT2D eigenvalue weighted by Crippen LogP contribution is -2.31. The van der Waals surface area contributed by atoms with Gasteiger partial charge in [0.05, 0.1) is 0 Å². The fraction of sp³-hybridized carbons (Fsp3) is 0.733. The topological polar surface area (TPSA) is 71.3 Å². The van der Waals surface area contributed by atoms with Crippen LogP contribution in [0.3, 0.4) is 0 Å². The predicted molar refractivity (Wildman–Crippen MR) is 82.7 cm³/mol. The normalized spacial score (nSPS) is 17.4. The van der Waals surface area contributed by atoms with Crippen LogP contribution in [0.4, 0.5) is 0 Å². The van der Waals surface area contributed by atoms with Gasteiger partial charge in [-0.3, -0.25) is 0 Å². The fourth-order valence-electron chi connectivity index (χ4n) is 2.30. The van der Waals surface area contributed by atoms with Crippen LogP contribution in [0.15, 0.2) is 9.31 Å². The molecule has 1 aliphatic rings. The maximum Gasteiger partial charge on any atom is 0.244 e. The van der Waals surface area contributed by atoms with Crippen molar-refractivity contribution < 1.29 is 12.8 Å². The van der Waals surface area contributed by atoms with E-state index >= 15 is 0 Å². The molecule has 120 valence electrons. The Hall–Kier alpha value is -0.850. The van der Waals surface area contributed by atoms with Crippen LogP contribution in [-0.2, 0) is 16.6 Å². The molecule has 0 spiro atoms. The molecule has 5 nitrogen and oxygen atoms in total. The van der Waals surface area contributed by atoms with E-state index in [1.54, 1.807) is 6.92 Å². The summed E-state index contributed by atoms with van der Waals surface area (Å²) in [6.07, 6.45) is 2.17. The maximum atomic E-state index is 12.6. The lowest BCUT2D eigenvalue weighted by molar-refractivity contribution is 0.490. The summed E-state index contributed by atoms with van der Waals surface area (Å²) in [4.78, 5) is 0.303. The van der Waals surface area contributed by atoms with Gasteiger partial charge < -0.3 is 9.73 Å². The van der Waals surface area contributed by atoms with Crippen molar-refractivity contribution in [1.29, 1.82) is 0 Å². The molecule has 0 atom stereocenters. The molecule has 1 aliphatic carbocycles. The van der Waals surface area contributed by atoms with Crippen molar-refractivity contribution in [2.45, 2.75) is 64.9 Å². The summed E-state index contributed by atoms with van der Waals surface area (Å²) in [7, 11) is -3.53. The van der Waals surface area contributed by atoms with E-state index in [0.29, 0.717) is 29.5 Å². The van der Waals surface area contributed by atoms with E-state index in [4.69, 9.17) is 4.42 Å². The minimum absolute atomic E-state index is 0.135. The Labute approximate surface area is 127 Å². The molecule has 1 heterocycles. The second-order valence-electron chi connectivity index (χ2n) is 6.69. The standard InChI is InChI=1S/C15H26N2O3S/c1-10(2)16-8-13-11(3)20-12(4)14(13)21(18,19)17-9-15(5)6-7-15/h10,16-17H,6-9H2,1-5H3. The SMILES string of the molecule is Cc1oc(C)c(S(=O)(=O)NCC2(C)CC2)c1CNC(C)C. The molecule has 1 aromatic rings. The molecule has 0 radical (unpaired) electrons. The number of hydrogen-bond acceptors (Lipinski definition) is 4. The van der Waals surface area contributed by atoms with Crippen molar-refractivity contribution in [3.63, 3.8) is 0 Å². The Kier molecular flexibility index (Phi) is 4.52. The third-order valence-electron chi connectivity index (χ3n) is 4.07. The van der Waals surface area contributed by atoms with Crippen LogP contribution in [-0.4, -0.2) is 21.0 Å². The average molecular weight is 314 g/mol. The van der Waals surface area contributed by atoms with Crippen molar-refractivity contribution in [3.8, 4) is 0 Å². The summed E-state index contributed by atoms with van der Waals surface area (Å²) >= 11 is 0. The molecule has 0 aliphatic heterocycles. The summed E-state index contributed by atoms with van der Waals surface area (Å²) < 4.78 is 33.5. The van der Waals surface area contributed by atoms with Crippen LogP contribution in [0.25, 0.3) is 0 Å². The lowest BCUT2D eigenvalue weighted by Gasteiger charge is -2.13. The molecule has 21 heavy (non-hydrogen) atoms. The van der Waals surface area contributed by atoms with Gasteiger partial charge in [0.1, 0.15) is 16.4 Å². The first kappa shape index (κ1) is 16.5. The van der Waals surface area contributed by atoms with Crippen molar-refractivity contribution >= 4 is 10.0 Å². The van der Waals surface area contributed by atoms with Gasteiger partial charge in [0.2, 0.25) is 10.0 Å². The fourth-order valence-corrected chi connectivity index (χ4v) is 3.95. The third kappa shape index (κ3) is 3.87. The molecule has 0 aromatic carbocycles. The van der Waals surface area contributed by atoms with Crippen molar-refractivity contribution in [1.82, 2.24) is 10.0 Å². The zero-order valence-corrected chi connectivity index (χ0v) is 14.4. The van der Waals surface area contributed by atoms with E-state index in [2.05, 4.69) is 17.0 Å². The Morgan fingerprint density at radius 2 is 1.86 bits per heavy atom. The molecule has 0 saturated heterocycles. The third-order valence-corrected chi connectivity index (χ3v) is 5.67. The summed E-state index contributed by atoms with van der Waals surface area (Å²) in [6.45, 7) is 10.7. The van der Waals surface area contributed by atoms with Crippen LogP contribution in [0, 0.1) is 19.3 Å². The molecule has 2 rings (SSSR count). The van der Waals surface area contributed by atoms with Crippen LogP contribution in [0.1, 0.15) is 50.7 Å². The summed E-state index contributed by atoms with van der Waals surface area (Å²) in [5.41, 5.74) is 0.866. The van der Waals surface area contributed by atoms with E-state index in [1.807, 2.05) is 20.8 Å². The average Bonchev–Trinajstić information content (AvgIpc) is 3.02. The minimum Gasteiger partial charge on any atom is -0.465 e. The predicted octanol–water partition coefficient (Wildman–Crippen LogP) is 2.47. The van der Waals surface area contributed by atoms with Gasteiger partial charge in [-0.25, -0.2) is 13.1 Å². The second kappa shape index (κ2) is 5.74. The quantitative estimate of drug-likeness (QED) is 0.811. The number of rotatable bonds is 7. The Morgan fingerprint density at radius 1 is 1.24 bits per heavy atom. The largest absolute Gasteiger partial charge is 0.465 e. The maximum absolute atomic E-state index is 12.6. The Morgan fingerprint density at radius 3 is 2.38 bits per heavy atom. The van der Waals surface area contributed by atoms with E-state index in [9.17, 15) is 8.42 Å². The summed E-state index contributed by atoms with van der Waals surface area (Å²) in [5, 5.41) is 3.26. The first-order valence-corrected chi connectivity index (χ1v) is 8.95. The van der Waals surface area contributed by atoms with E-state index < -0.39 is 10.0 Å². The van der Waals surface area contributed by atoms with Gasteiger partial charge in [0.15, 0.2) is 0 Å². The smallest absolute Gasteiger partial charge is 0.244 e. The molecular weight excluding hydrogens is 288 g/mol. The van der Waals surface area contributed by atoms with Crippen LogP contribution in [0.2, 0.25) is 0 Å². The zero-order chi connectivity index (χ0) is 15.8. The van der Waals surface area contributed by atoms with Crippen molar-refractivity contribution in [3.05, 3.63) is 17.1 Å². The summed E-state index contributed by atoms with van der Waals surface area (Å²) in [6, 6.07) is 0.286. The van der Waals surface area contributed by atoms with Gasteiger partial charge in [0.25, 0.3) is 0 Å². The highest BCUT2D eigenvalue weighted by Crippen LogP contribution is 2.44. The highest BCUT2D eigenvalue weighted by atomic mass is 32.2. The molecule has 2 N–H and O–H groups in total. The van der Waals surface area contributed by atoms with Gasteiger partial charge in [-0.05, 0) is 32.1 Å². The van der Waals surface area contributed by atoms with Crippen molar-refractivity contribution in [2.75, 3.05) is 6.54 Å². The monoisotopic (exact) mass is 314 g/mol. The van der Waals surface area contributed by atoms with Gasteiger partial charge in [-0.1, -0.05) is 20.8 Å². The highest BCUT2D eigenvalue weighted by Gasteiger charge is 2.39. The zero-order valence-electron chi connectivity index (χ0n) is 13.5. The van der Waals surface area contributed by atoms with E-state index in [1.165, 1.54) is 0 Å². The molecular formula is C15H26N2O3S. The van der Waals surface area contributed by atoms with Crippen LogP contribution >= 0.6 is 0 Å². The molecule has 1 fully saturated rings. The number of furan rings is 1. The van der Waals surface area contributed by atoms with E-state index in [0.717, 1.165) is 18.4 Å². The first-order chi connectivity index (χ1) is 9.65. The number of sulfonamides is 1. The molecule has 0 bridgehead atoms. The number of aryl methyl sites for hydroxylation is 2. The minimum atomic E-state index is -3.53. The van der Waals surface area contributed by atoms with Gasteiger partial charge >= 0.3 is 0 Å². The molecule has 0 amide bonds. The number of hydrogen-bond donors (Lipinski definition) is 2. The molecule has 1 saturated carbocycles. The van der Waals surface area contributed by atoms with Crippen LogP contribution in [0.5, 0.6) is 0 Å². The Bertz CT molecular complexity index is 613. The van der Waals surface area contributed by atoms with E-state index in [-0.39, 0.29) is 11.5 Å².